The van der Waals surface area contributed by atoms with Crippen LogP contribution in [0, 0.1) is 0 Å². The molecule has 0 saturated carbocycles. The number of aromatic nitrogens is 1. The Morgan fingerprint density at radius 1 is 1.72 bits per heavy atom. The second-order valence-corrected chi connectivity index (χ2v) is 7.33. The van der Waals surface area contributed by atoms with Crippen LogP contribution in [0.5, 0.6) is 0 Å². The second kappa shape index (κ2) is 5.36. The molecule has 100 valence electrons. The number of anilines is 1. The third-order valence-corrected chi connectivity index (χ3v) is 5.51. The lowest BCUT2D eigenvalue weighted by Gasteiger charge is -2.08. The Kier molecular flexibility index (Phi) is 4.01. The van der Waals surface area contributed by atoms with Crippen LogP contribution in [0.15, 0.2) is 0 Å². The third-order valence-electron chi connectivity index (χ3n) is 3.12. The van der Waals surface area contributed by atoms with Gasteiger partial charge in [-0.25, -0.2) is 4.98 Å². The molecule has 0 saturated heterocycles. The first kappa shape index (κ1) is 13.5. The van der Waals surface area contributed by atoms with E-state index in [4.69, 9.17) is 5.11 Å². The smallest absolute Gasteiger partial charge is 0.312 e. The van der Waals surface area contributed by atoms with Crippen molar-refractivity contribution >= 4 is 33.2 Å². The van der Waals surface area contributed by atoms with Crippen molar-refractivity contribution in [3.05, 3.63) is 10.6 Å². The number of nitrogens with zero attached hydrogens (tertiary/aromatic N) is 1. The maximum atomic E-state index is 11.2. The van der Waals surface area contributed by atoms with Gasteiger partial charge in [-0.05, 0) is 19.8 Å². The molecule has 0 radical (unpaired) electrons. The van der Waals surface area contributed by atoms with Gasteiger partial charge < -0.3 is 10.4 Å². The standard InChI is InChI=1S/C11H16N2O3S2/c1-6(18(2)16)5-12-11-13-9-7(10(14)15)3-4-8(9)17-11/h6-7H,3-5H2,1-2H3,(H,12,13)(H,14,15). The van der Waals surface area contributed by atoms with E-state index < -0.39 is 22.7 Å². The average Bonchev–Trinajstić information content (AvgIpc) is 2.83. The fourth-order valence-electron chi connectivity index (χ4n) is 1.89. The molecule has 0 amide bonds. The first-order valence-electron chi connectivity index (χ1n) is 5.77. The molecule has 7 heteroatoms. The van der Waals surface area contributed by atoms with Crippen LogP contribution in [0.4, 0.5) is 5.13 Å². The highest BCUT2D eigenvalue weighted by Crippen LogP contribution is 2.38. The summed E-state index contributed by atoms with van der Waals surface area (Å²) in [5.74, 6) is -1.25. The van der Waals surface area contributed by atoms with Gasteiger partial charge in [0.15, 0.2) is 5.13 Å². The molecule has 3 unspecified atom stereocenters. The van der Waals surface area contributed by atoms with Crippen molar-refractivity contribution in [3.8, 4) is 0 Å². The Labute approximate surface area is 112 Å². The Morgan fingerprint density at radius 2 is 2.44 bits per heavy atom. The Hall–Kier alpha value is -0.950. The number of aryl methyl sites for hydroxylation is 1. The molecule has 18 heavy (non-hydrogen) atoms. The number of carboxylic acid groups (broad SMARTS) is 1. The number of carboxylic acids is 1. The van der Waals surface area contributed by atoms with Crippen molar-refractivity contribution in [1.82, 2.24) is 4.98 Å². The lowest BCUT2D eigenvalue weighted by Crippen LogP contribution is -2.20. The first-order valence-corrected chi connectivity index (χ1v) is 8.21. The van der Waals surface area contributed by atoms with Gasteiger partial charge in [0.05, 0.1) is 5.69 Å². The monoisotopic (exact) mass is 288 g/mol. The predicted octanol–water partition coefficient (Wildman–Crippen LogP) is 1.44. The molecule has 0 bridgehead atoms. The zero-order valence-corrected chi connectivity index (χ0v) is 11.9. The van der Waals surface area contributed by atoms with Crippen molar-refractivity contribution in [3.63, 3.8) is 0 Å². The Morgan fingerprint density at radius 3 is 3.06 bits per heavy atom. The Balaban J connectivity index is 2.03. The van der Waals surface area contributed by atoms with Gasteiger partial charge in [0.25, 0.3) is 0 Å². The number of rotatable bonds is 5. The van der Waals surface area contributed by atoms with E-state index in [0.29, 0.717) is 18.7 Å². The van der Waals surface area contributed by atoms with E-state index in [-0.39, 0.29) is 5.25 Å². The zero-order chi connectivity index (χ0) is 13.3. The van der Waals surface area contributed by atoms with Crippen molar-refractivity contribution < 1.29 is 14.1 Å². The summed E-state index contributed by atoms with van der Waals surface area (Å²) < 4.78 is 11.2. The minimum atomic E-state index is -0.864. The topological polar surface area (TPSA) is 79.3 Å². The fourth-order valence-corrected chi connectivity index (χ4v) is 3.25. The van der Waals surface area contributed by atoms with Crippen LogP contribution in [-0.4, -0.2) is 38.3 Å². The average molecular weight is 288 g/mol. The van der Waals surface area contributed by atoms with E-state index in [2.05, 4.69) is 10.3 Å². The van der Waals surface area contributed by atoms with Crippen LogP contribution in [0.3, 0.4) is 0 Å². The van der Waals surface area contributed by atoms with E-state index in [1.165, 1.54) is 11.3 Å². The van der Waals surface area contributed by atoms with Crippen molar-refractivity contribution in [1.29, 1.82) is 0 Å². The molecule has 2 N–H and O–H groups in total. The van der Waals surface area contributed by atoms with E-state index in [1.54, 1.807) is 6.26 Å². The largest absolute Gasteiger partial charge is 0.481 e. The van der Waals surface area contributed by atoms with E-state index >= 15 is 0 Å². The molecule has 0 fully saturated rings. The molecule has 0 aromatic carbocycles. The van der Waals surface area contributed by atoms with Gasteiger partial charge in [-0.3, -0.25) is 9.00 Å². The van der Waals surface area contributed by atoms with Crippen LogP contribution in [0.1, 0.15) is 29.8 Å². The summed E-state index contributed by atoms with van der Waals surface area (Å²) in [4.78, 5) is 16.5. The number of thiazole rings is 1. The summed E-state index contributed by atoms with van der Waals surface area (Å²) in [6, 6.07) is 0. The van der Waals surface area contributed by atoms with Crippen LogP contribution >= 0.6 is 11.3 Å². The highest BCUT2D eigenvalue weighted by Gasteiger charge is 2.32. The number of hydrogen-bond donors (Lipinski definition) is 2. The van der Waals surface area contributed by atoms with Crippen molar-refractivity contribution in [2.24, 2.45) is 0 Å². The minimum Gasteiger partial charge on any atom is -0.481 e. The lowest BCUT2D eigenvalue weighted by atomic mass is 10.1. The second-order valence-electron chi connectivity index (χ2n) is 4.45. The molecule has 5 nitrogen and oxygen atoms in total. The molecule has 1 heterocycles. The maximum absolute atomic E-state index is 11.2. The van der Waals surface area contributed by atoms with Gasteiger partial charge in [0.2, 0.25) is 0 Å². The molecule has 1 aromatic rings. The molecule has 1 aliphatic carbocycles. The minimum absolute atomic E-state index is 0.0546. The molecule has 1 aliphatic rings. The first-order chi connectivity index (χ1) is 8.49. The summed E-state index contributed by atoms with van der Waals surface area (Å²) in [7, 11) is -0.864. The van der Waals surface area contributed by atoms with Crippen molar-refractivity contribution in [2.45, 2.75) is 30.9 Å². The molecular weight excluding hydrogens is 272 g/mol. The summed E-state index contributed by atoms with van der Waals surface area (Å²) in [5, 5.41) is 13.0. The molecule has 3 atom stereocenters. The van der Waals surface area contributed by atoms with Gasteiger partial charge in [0.1, 0.15) is 5.92 Å². The van der Waals surface area contributed by atoms with Gasteiger partial charge >= 0.3 is 5.97 Å². The zero-order valence-electron chi connectivity index (χ0n) is 10.3. The van der Waals surface area contributed by atoms with Gasteiger partial charge in [-0.1, -0.05) is 0 Å². The van der Waals surface area contributed by atoms with E-state index in [9.17, 15) is 9.00 Å². The number of aliphatic carboxylic acids is 1. The molecule has 2 rings (SSSR count). The molecule has 0 spiro atoms. The number of carbonyl (C=O) groups is 1. The summed E-state index contributed by atoms with van der Waals surface area (Å²) >= 11 is 1.51. The normalized spacial score (nSPS) is 21.3. The highest BCUT2D eigenvalue weighted by molar-refractivity contribution is 7.84. The van der Waals surface area contributed by atoms with Gasteiger partial charge in [0, 0.05) is 33.7 Å². The quantitative estimate of drug-likeness (QED) is 0.857. The van der Waals surface area contributed by atoms with Crippen molar-refractivity contribution in [2.75, 3.05) is 18.1 Å². The fraction of sp³-hybridized carbons (Fsp3) is 0.636. The predicted molar refractivity (Wildman–Crippen MR) is 72.8 cm³/mol. The number of hydrogen-bond acceptors (Lipinski definition) is 5. The summed E-state index contributed by atoms with van der Waals surface area (Å²) in [6.45, 7) is 2.50. The SMILES string of the molecule is CC(CNc1nc2c(s1)CCC2C(=O)O)S(C)=O. The number of nitrogens with one attached hydrogen (secondary N) is 1. The summed E-state index contributed by atoms with van der Waals surface area (Å²) in [6.07, 6.45) is 3.12. The van der Waals surface area contributed by atoms with Gasteiger partial charge in [-0.2, -0.15) is 0 Å². The Bertz CT molecular complexity index is 487. The molecular formula is C11H16N2O3S2. The van der Waals surface area contributed by atoms with Crippen LogP contribution in [0.25, 0.3) is 0 Å². The maximum Gasteiger partial charge on any atom is 0.312 e. The van der Waals surface area contributed by atoms with E-state index in [1.807, 2.05) is 6.92 Å². The summed E-state index contributed by atoms with van der Waals surface area (Å²) in [5.41, 5.74) is 0.709. The van der Waals surface area contributed by atoms with Gasteiger partial charge in [-0.15, -0.1) is 11.3 Å². The number of fused-ring (bicyclic) bond motifs is 1. The van der Waals surface area contributed by atoms with Crippen LogP contribution in [-0.2, 0) is 22.0 Å². The highest BCUT2D eigenvalue weighted by atomic mass is 32.2. The van der Waals surface area contributed by atoms with E-state index in [0.717, 1.165) is 16.4 Å². The third kappa shape index (κ3) is 2.72. The lowest BCUT2D eigenvalue weighted by molar-refractivity contribution is -0.138. The molecule has 1 aromatic heterocycles. The molecule has 0 aliphatic heterocycles. The van der Waals surface area contributed by atoms with Crippen LogP contribution < -0.4 is 5.32 Å². The van der Waals surface area contributed by atoms with Crippen LogP contribution in [0.2, 0.25) is 0 Å².